The Morgan fingerprint density at radius 2 is 1.88 bits per heavy atom. The van der Waals surface area contributed by atoms with E-state index in [-0.39, 0.29) is 10.7 Å². The SMILES string of the molecule is CS(=O)(=O)c1ccc(C(O)CN2CCc3ccc(F)cc3C2)cc1. The van der Waals surface area contributed by atoms with Gasteiger partial charge in [-0.25, -0.2) is 12.8 Å². The van der Waals surface area contributed by atoms with Gasteiger partial charge in [0.15, 0.2) is 9.84 Å². The highest BCUT2D eigenvalue weighted by molar-refractivity contribution is 7.90. The summed E-state index contributed by atoms with van der Waals surface area (Å²) in [6, 6.07) is 11.1. The molecule has 1 aliphatic heterocycles. The lowest BCUT2D eigenvalue weighted by atomic mass is 9.99. The van der Waals surface area contributed by atoms with Gasteiger partial charge in [-0.05, 0) is 47.4 Å². The number of halogens is 1. The van der Waals surface area contributed by atoms with Crippen molar-refractivity contribution in [2.75, 3.05) is 19.3 Å². The van der Waals surface area contributed by atoms with E-state index in [9.17, 15) is 17.9 Å². The van der Waals surface area contributed by atoms with Gasteiger partial charge >= 0.3 is 0 Å². The Labute approximate surface area is 141 Å². The molecule has 4 nitrogen and oxygen atoms in total. The van der Waals surface area contributed by atoms with Crippen molar-refractivity contribution in [2.24, 2.45) is 0 Å². The van der Waals surface area contributed by atoms with Crippen LogP contribution in [0.3, 0.4) is 0 Å². The maximum Gasteiger partial charge on any atom is 0.175 e. The standard InChI is InChI=1S/C18H20FNO3S/c1-24(22,23)17-6-3-14(4-7-17)18(21)12-20-9-8-13-2-5-16(19)10-15(13)11-20/h2-7,10,18,21H,8-9,11-12H2,1H3. The van der Waals surface area contributed by atoms with Gasteiger partial charge in [0.2, 0.25) is 0 Å². The highest BCUT2D eigenvalue weighted by Gasteiger charge is 2.20. The fourth-order valence-corrected chi connectivity index (χ4v) is 3.66. The smallest absolute Gasteiger partial charge is 0.175 e. The highest BCUT2D eigenvalue weighted by atomic mass is 32.2. The first-order valence-electron chi connectivity index (χ1n) is 7.81. The first-order valence-corrected chi connectivity index (χ1v) is 9.70. The first kappa shape index (κ1) is 17.1. The van der Waals surface area contributed by atoms with Gasteiger partial charge < -0.3 is 5.11 Å². The quantitative estimate of drug-likeness (QED) is 0.920. The van der Waals surface area contributed by atoms with Crippen molar-refractivity contribution in [1.29, 1.82) is 0 Å². The molecule has 0 saturated heterocycles. The van der Waals surface area contributed by atoms with Crippen LogP contribution in [0.1, 0.15) is 22.8 Å². The molecule has 0 aliphatic carbocycles. The van der Waals surface area contributed by atoms with Crippen LogP contribution in [-0.2, 0) is 22.8 Å². The molecule has 0 spiro atoms. The Kier molecular flexibility index (Phi) is 4.71. The molecular formula is C18H20FNO3S. The van der Waals surface area contributed by atoms with E-state index in [1.54, 1.807) is 18.2 Å². The zero-order valence-corrected chi connectivity index (χ0v) is 14.3. The van der Waals surface area contributed by atoms with Crippen molar-refractivity contribution in [3.63, 3.8) is 0 Å². The zero-order valence-electron chi connectivity index (χ0n) is 13.4. The zero-order chi connectivity index (χ0) is 17.3. The van der Waals surface area contributed by atoms with E-state index in [4.69, 9.17) is 0 Å². The van der Waals surface area contributed by atoms with Gasteiger partial charge in [0.1, 0.15) is 5.82 Å². The van der Waals surface area contributed by atoms with Crippen molar-refractivity contribution >= 4 is 9.84 Å². The molecule has 3 rings (SSSR count). The molecule has 0 saturated carbocycles. The van der Waals surface area contributed by atoms with Gasteiger partial charge in [-0.3, -0.25) is 4.90 Å². The van der Waals surface area contributed by atoms with Crippen LogP contribution in [-0.4, -0.2) is 37.8 Å². The third-order valence-electron chi connectivity index (χ3n) is 4.38. The van der Waals surface area contributed by atoms with Crippen LogP contribution in [0.5, 0.6) is 0 Å². The van der Waals surface area contributed by atoms with Gasteiger partial charge in [0.05, 0.1) is 11.0 Å². The molecule has 1 atom stereocenters. The van der Waals surface area contributed by atoms with Crippen LogP contribution in [0.15, 0.2) is 47.4 Å². The number of benzene rings is 2. The number of hydrogen-bond acceptors (Lipinski definition) is 4. The van der Waals surface area contributed by atoms with Gasteiger partial charge in [-0.1, -0.05) is 18.2 Å². The summed E-state index contributed by atoms with van der Waals surface area (Å²) >= 11 is 0. The summed E-state index contributed by atoms with van der Waals surface area (Å²) in [5.41, 5.74) is 2.79. The van der Waals surface area contributed by atoms with Crippen LogP contribution in [0.25, 0.3) is 0 Å². The summed E-state index contributed by atoms with van der Waals surface area (Å²) in [4.78, 5) is 2.32. The Morgan fingerprint density at radius 1 is 1.17 bits per heavy atom. The minimum absolute atomic E-state index is 0.237. The van der Waals surface area contributed by atoms with Crippen molar-refractivity contribution in [3.05, 3.63) is 65.0 Å². The van der Waals surface area contributed by atoms with E-state index in [0.29, 0.717) is 18.7 Å². The fourth-order valence-electron chi connectivity index (χ4n) is 3.03. The van der Waals surface area contributed by atoms with Crippen molar-refractivity contribution in [1.82, 2.24) is 4.90 Å². The maximum absolute atomic E-state index is 13.4. The van der Waals surface area contributed by atoms with E-state index in [1.807, 2.05) is 6.07 Å². The number of β-amino-alcohol motifs (C(OH)–C–C–N with tert-alkyl or cyclic N) is 1. The molecule has 0 radical (unpaired) electrons. The fraction of sp³-hybridized carbons (Fsp3) is 0.333. The third kappa shape index (κ3) is 3.83. The number of aliphatic hydroxyl groups excluding tert-OH is 1. The third-order valence-corrected chi connectivity index (χ3v) is 5.51. The van der Waals surface area contributed by atoms with Crippen LogP contribution >= 0.6 is 0 Å². The Bertz CT molecular complexity index is 834. The average Bonchev–Trinajstić information content (AvgIpc) is 2.53. The molecule has 2 aromatic carbocycles. The number of aliphatic hydroxyl groups is 1. The predicted octanol–water partition coefficient (Wildman–Crippen LogP) is 2.32. The first-order chi connectivity index (χ1) is 11.3. The molecule has 1 unspecified atom stereocenters. The molecule has 24 heavy (non-hydrogen) atoms. The predicted molar refractivity (Wildman–Crippen MR) is 89.9 cm³/mol. The van der Waals surface area contributed by atoms with Gasteiger partial charge in [0, 0.05) is 25.9 Å². The van der Waals surface area contributed by atoms with Crippen LogP contribution in [0.4, 0.5) is 4.39 Å². The van der Waals surface area contributed by atoms with Crippen LogP contribution in [0.2, 0.25) is 0 Å². The number of nitrogens with zero attached hydrogens (tertiary/aromatic N) is 1. The summed E-state index contributed by atoms with van der Waals surface area (Å²) in [5, 5.41) is 10.4. The number of hydrogen-bond donors (Lipinski definition) is 1. The molecule has 0 fully saturated rings. The molecule has 2 aromatic rings. The van der Waals surface area contributed by atoms with E-state index in [0.717, 1.165) is 30.3 Å². The van der Waals surface area contributed by atoms with Gasteiger partial charge in [0.25, 0.3) is 0 Å². The molecule has 1 N–H and O–H groups in total. The maximum atomic E-state index is 13.4. The second-order valence-electron chi connectivity index (χ2n) is 6.26. The van der Waals surface area contributed by atoms with Crippen LogP contribution < -0.4 is 0 Å². The molecule has 6 heteroatoms. The molecule has 1 heterocycles. The average molecular weight is 349 g/mol. The van der Waals surface area contributed by atoms with E-state index >= 15 is 0 Å². The van der Waals surface area contributed by atoms with E-state index in [2.05, 4.69) is 4.90 Å². The minimum atomic E-state index is -3.24. The Morgan fingerprint density at radius 3 is 2.54 bits per heavy atom. The summed E-state index contributed by atoms with van der Waals surface area (Å²) in [7, 11) is -3.24. The summed E-state index contributed by atoms with van der Waals surface area (Å²) in [6.07, 6.45) is 1.27. The van der Waals surface area contributed by atoms with Crippen LogP contribution in [0, 0.1) is 5.82 Å². The lowest BCUT2D eigenvalue weighted by molar-refractivity contribution is 0.106. The lowest BCUT2D eigenvalue weighted by Crippen LogP contribution is -2.34. The van der Waals surface area contributed by atoms with Crippen molar-refractivity contribution in [2.45, 2.75) is 24.0 Å². The minimum Gasteiger partial charge on any atom is -0.387 e. The topological polar surface area (TPSA) is 57.6 Å². The highest BCUT2D eigenvalue weighted by Crippen LogP contribution is 2.23. The van der Waals surface area contributed by atoms with Crippen molar-refractivity contribution in [3.8, 4) is 0 Å². The molecule has 0 amide bonds. The number of fused-ring (bicyclic) bond motifs is 1. The summed E-state index contributed by atoms with van der Waals surface area (Å²) in [6.45, 7) is 1.83. The summed E-state index contributed by atoms with van der Waals surface area (Å²) in [5.74, 6) is -0.243. The summed E-state index contributed by atoms with van der Waals surface area (Å²) < 4.78 is 36.3. The van der Waals surface area contributed by atoms with Crippen molar-refractivity contribution < 1.29 is 17.9 Å². The number of sulfone groups is 1. The van der Waals surface area contributed by atoms with Gasteiger partial charge in [-0.15, -0.1) is 0 Å². The van der Waals surface area contributed by atoms with E-state index in [1.165, 1.54) is 18.2 Å². The lowest BCUT2D eigenvalue weighted by Gasteiger charge is -2.30. The van der Waals surface area contributed by atoms with Gasteiger partial charge in [-0.2, -0.15) is 0 Å². The molecule has 128 valence electrons. The molecule has 0 aromatic heterocycles. The van der Waals surface area contributed by atoms with E-state index < -0.39 is 15.9 Å². The molecule has 1 aliphatic rings. The Hall–Kier alpha value is -1.76. The second-order valence-corrected chi connectivity index (χ2v) is 8.27. The number of rotatable bonds is 4. The monoisotopic (exact) mass is 349 g/mol. The second kappa shape index (κ2) is 6.63. The Balaban J connectivity index is 1.68. The normalized spacial score (nSPS) is 16.6. The largest absolute Gasteiger partial charge is 0.387 e. The molecular weight excluding hydrogens is 329 g/mol. The molecule has 0 bridgehead atoms.